The van der Waals surface area contributed by atoms with Gasteiger partial charge < -0.3 is 8.97 Å². The minimum Gasteiger partial charge on any atom is -0.459 e. The lowest BCUT2D eigenvalue weighted by Crippen LogP contribution is -2.41. The van der Waals surface area contributed by atoms with Crippen molar-refractivity contribution in [3.8, 4) is 0 Å². The fourth-order valence-electron chi connectivity index (χ4n) is 1.33. The molecule has 3 N–H and O–H groups in total. The monoisotopic (exact) mass is 280 g/mol. The molecule has 6 nitrogen and oxygen atoms in total. The van der Waals surface area contributed by atoms with Crippen LogP contribution in [0.2, 0.25) is 0 Å². The highest BCUT2D eigenvalue weighted by atomic mass is 32.2. The summed E-state index contributed by atoms with van der Waals surface area (Å²) >= 11 is 0. The van der Waals surface area contributed by atoms with Crippen molar-refractivity contribution >= 4 is 21.3 Å². The molecular formula is C12H12N2O4S. The van der Waals surface area contributed by atoms with Crippen molar-refractivity contribution in [3.63, 3.8) is 0 Å². The Kier molecular flexibility index (Phi) is 4.00. The van der Waals surface area contributed by atoms with E-state index in [4.69, 9.17) is 4.42 Å². The Morgan fingerprint density at radius 3 is 2.58 bits per heavy atom. The largest absolute Gasteiger partial charge is 0.459 e. The number of benzene rings is 1. The Balaban J connectivity index is 2.04. The number of amides is 1. The first-order valence-corrected chi connectivity index (χ1v) is 6.92. The zero-order chi connectivity index (χ0) is 13.7. The molecule has 1 amide bonds. The van der Waals surface area contributed by atoms with Gasteiger partial charge in [0.15, 0.2) is 15.7 Å². The molecule has 100 valence electrons. The summed E-state index contributed by atoms with van der Waals surface area (Å²) in [5.41, 5.74) is 2.67. The minimum atomic E-state index is -3.52. The number of hydrogen-bond acceptors (Lipinski definition) is 3. The van der Waals surface area contributed by atoms with Gasteiger partial charge in [-0.1, -0.05) is 30.3 Å². The van der Waals surface area contributed by atoms with Gasteiger partial charge in [0.05, 0.1) is 6.26 Å². The molecule has 0 saturated heterocycles. The van der Waals surface area contributed by atoms with E-state index in [0.29, 0.717) is 5.56 Å². The second-order valence-corrected chi connectivity index (χ2v) is 5.21. The van der Waals surface area contributed by atoms with Crippen LogP contribution in [0.3, 0.4) is 0 Å². The van der Waals surface area contributed by atoms with Gasteiger partial charge in [-0.15, -0.1) is 4.83 Å². The molecule has 1 atom stereocenters. The van der Waals surface area contributed by atoms with E-state index in [0.717, 1.165) is 5.37 Å². The van der Waals surface area contributed by atoms with Crippen molar-refractivity contribution in [3.05, 3.63) is 60.1 Å². The maximum absolute atomic E-state index is 11.8. The molecule has 19 heavy (non-hydrogen) atoms. The van der Waals surface area contributed by atoms with Crippen LogP contribution in [0.15, 0.2) is 53.1 Å². The first-order valence-electron chi connectivity index (χ1n) is 5.34. The van der Waals surface area contributed by atoms with Crippen molar-refractivity contribution in [2.75, 3.05) is 0 Å². The smallest absolute Gasteiger partial charge is 0.301 e. The van der Waals surface area contributed by atoms with E-state index in [2.05, 4.69) is 10.3 Å². The van der Waals surface area contributed by atoms with Crippen LogP contribution in [0.4, 0.5) is 0 Å². The molecule has 7 heteroatoms. The third-order valence-corrected chi connectivity index (χ3v) is 3.14. The molecule has 2 aromatic rings. The quantitative estimate of drug-likeness (QED) is 0.576. The average Bonchev–Trinajstić information content (AvgIpc) is 2.91. The van der Waals surface area contributed by atoms with E-state index in [1.54, 1.807) is 36.4 Å². The van der Waals surface area contributed by atoms with E-state index in [1.165, 1.54) is 12.3 Å². The lowest BCUT2D eigenvalue weighted by atomic mass is 10.2. The first kappa shape index (κ1) is 13.3. The minimum absolute atomic E-state index is 0.0439. The third kappa shape index (κ3) is 3.95. The molecular weight excluding hydrogens is 268 g/mol. The Bertz CT molecular complexity index is 658. The number of rotatable bonds is 4. The number of hydrogen-bond donors (Lipinski definition) is 3. The second-order valence-electron chi connectivity index (χ2n) is 3.63. The zero-order valence-corrected chi connectivity index (χ0v) is 10.6. The molecule has 0 aliphatic rings. The van der Waals surface area contributed by atoms with Gasteiger partial charge in [-0.05, 0) is 17.7 Å². The van der Waals surface area contributed by atoms with E-state index in [9.17, 15) is 13.6 Å². The summed E-state index contributed by atoms with van der Waals surface area (Å²) in [4.78, 5) is 13.6. The van der Waals surface area contributed by atoms with Gasteiger partial charge in [0.1, 0.15) is 0 Å². The van der Waals surface area contributed by atoms with Crippen molar-refractivity contribution in [1.82, 2.24) is 10.3 Å². The normalized spacial score (nSPS) is 13.5. The van der Waals surface area contributed by atoms with E-state index in [-0.39, 0.29) is 5.76 Å². The van der Waals surface area contributed by atoms with Crippen molar-refractivity contribution in [2.24, 2.45) is 0 Å². The van der Waals surface area contributed by atoms with Gasteiger partial charge in [0.2, 0.25) is 0 Å². The van der Waals surface area contributed by atoms with Crippen molar-refractivity contribution < 1.29 is 18.0 Å². The number of furan rings is 1. The Morgan fingerprint density at radius 1 is 1.21 bits per heavy atom. The van der Waals surface area contributed by atoms with Gasteiger partial charge in [0.25, 0.3) is 0 Å². The number of carbonyl (C=O) groups excluding carboxylic acids is 1. The van der Waals surface area contributed by atoms with Crippen molar-refractivity contribution in [2.45, 2.75) is 0 Å². The van der Waals surface area contributed by atoms with E-state index < -0.39 is 15.9 Å². The van der Waals surface area contributed by atoms with Crippen LogP contribution in [0.1, 0.15) is 16.1 Å². The topological polar surface area (TPSA) is 91.6 Å². The molecule has 1 aromatic carbocycles. The summed E-state index contributed by atoms with van der Waals surface area (Å²) in [6.45, 7) is 0. The predicted molar refractivity (Wildman–Crippen MR) is 71.7 cm³/mol. The molecule has 0 aliphatic carbocycles. The Labute approximate surface area is 110 Å². The molecule has 1 aromatic heterocycles. The van der Waals surface area contributed by atoms with Crippen LogP contribution >= 0.6 is 0 Å². The number of nitrogens with one attached hydrogen (secondary N) is 2. The van der Waals surface area contributed by atoms with Crippen molar-refractivity contribution in [1.29, 1.82) is 0 Å². The van der Waals surface area contributed by atoms with Crippen LogP contribution in [0.25, 0.3) is 0 Å². The van der Waals surface area contributed by atoms with Gasteiger partial charge >= 0.3 is 5.91 Å². The maximum Gasteiger partial charge on any atom is 0.301 e. The third-order valence-electron chi connectivity index (χ3n) is 2.15. The highest BCUT2D eigenvalue weighted by molar-refractivity contribution is 7.94. The molecule has 0 aliphatic heterocycles. The average molecular weight is 280 g/mol. The van der Waals surface area contributed by atoms with Crippen LogP contribution in [-0.2, 0) is 9.99 Å². The van der Waals surface area contributed by atoms with Gasteiger partial charge in [-0.25, -0.2) is 4.21 Å². The number of hydrazine groups is 1. The van der Waals surface area contributed by atoms with Crippen LogP contribution in [-0.4, -0.2) is 20.0 Å². The highest BCUT2D eigenvalue weighted by Gasteiger charge is 2.09. The SMILES string of the molecule is O=C(NNS(=O)(O)=Cc1ccccc1)c1ccco1. The van der Waals surface area contributed by atoms with Gasteiger partial charge in [0, 0.05) is 5.37 Å². The zero-order valence-electron chi connectivity index (χ0n) is 9.78. The lowest BCUT2D eigenvalue weighted by Gasteiger charge is -2.07. The molecule has 0 fully saturated rings. The fourth-order valence-corrected chi connectivity index (χ4v) is 2.16. The van der Waals surface area contributed by atoms with Crippen LogP contribution in [0.5, 0.6) is 0 Å². The van der Waals surface area contributed by atoms with Gasteiger partial charge in [-0.3, -0.25) is 10.2 Å². The summed E-state index contributed by atoms with van der Waals surface area (Å²) in [5.74, 6) is -0.587. The standard InChI is InChI=1S/C12H12N2O4S/c15-12(11-7-4-8-18-11)13-14-19(16,17)9-10-5-2-1-3-6-10/h1-9H,(H,13,15)(H2,14,16,17). The predicted octanol–water partition coefficient (Wildman–Crippen LogP) is 1.04. The summed E-state index contributed by atoms with van der Waals surface area (Å²) in [6, 6.07) is 11.6. The van der Waals surface area contributed by atoms with E-state index >= 15 is 0 Å². The molecule has 1 heterocycles. The molecule has 1 unspecified atom stereocenters. The molecule has 0 radical (unpaired) electrons. The second kappa shape index (κ2) is 5.70. The lowest BCUT2D eigenvalue weighted by molar-refractivity contribution is 0.0917. The van der Waals surface area contributed by atoms with Gasteiger partial charge in [-0.2, -0.15) is 0 Å². The molecule has 0 spiro atoms. The Hall–Kier alpha value is -2.09. The Morgan fingerprint density at radius 2 is 1.95 bits per heavy atom. The highest BCUT2D eigenvalue weighted by Crippen LogP contribution is 1.99. The summed E-state index contributed by atoms with van der Waals surface area (Å²) in [5, 5.41) is 1.12. The number of carbonyl (C=O) groups is 1. The van der Waals surface area contributed by atoms with Crippen LogP contribution < -0.4 is 10.3 Å². The molecule has 2 rings (SSSR count). The fraction of sp³-hybridized carbons (Fsp3) is 0. The van der Waals surface area contributed by atoms with E-state index in [1.807, 2.05) is 0 Å². The summed E-state index contributed by atoms with van der Waals surface area (Å²) < 4.78 is 26.2. The van der Waals surface area contributed by atoms with Crippen LogP contribution in [0, 0.1) is 0 Å². The molecule has 0 bridgehead atoms. The summed E-state index contributed by atoms with van der Waals surface area (Å²) in [6.07, 6.45) is 1.33. The molecule has 0 saturated carbocycles. The summed E-state index contributed by atoms with van der Waals surface area (Å²) in [7, 11) is -3.52. The maximum atomic E-state index is 11.8. The first-order chi connectivity index (χ1) is 9.07.